The predicted molar refractivity (Wildman–Crippen MR) is 74.9 cm³/mol. The van der Waals surface area contributed by atoms with Crippen molar-refractivity contribution in [3.8, 4) is 0 Å². The molecule has 1 aliphatic rings. The zero-order valence-electron chi connectivity index (χ0n) is 9.44. The molecular weight excluding hydrogens is 369 g/mol. The van der Waals surface area contributed by atoms with Crippen LogP contribution in [0.15, 0.2) is 11.4 Å². The van der Waals surface area contributed by atoms with Gasteiger partial charge in [0.1, 0.15) is 5.54 Å². The molecule has 2 N–H and O–H groups in total. The van der Waals surface area contributed by atoms with Crippen molar-refractivity contribution < 1.29 is 19.4 Å². The van der Waals surface area contributed by atoms with Crippen LogP contribution < -0.4 is 5.32 Å². The smallest absolute Gasteiger partial charge is 0.329 e. The molecule has 0 radical (unpaired) electrons. The van der Waals surface area contributed by atoms with E-state index >= 15 is 0 Å². The summed E-state index contributed by atoms with van der Waals surface area (Å²) in [7, 11) is 0. The molecular formula is C11H12INO4S. The van der Waals surface area contributed by atoms with Crippen molar-refractivity contribution in [3.63, 3.8) is 0 Å². The molecule has 2 heterocycles. The minimum Gasteiger partial charge on any atom is -0.480 e. The summed E-state index contributed by atoms with van der Waals surface area (Å²) >= 11 is 3.58. The number of carboxylic acid groups (broad SMARTS) is 1. The number of thiophene rings is 1. The molecule has 0 aromatic carbocycles. The van der Waals surface area contributed by atoms with Gasteiger partial charge in [-0.15, -0.1) is 11.3 Å². The third-order valence-corrected chi connectivity index (χ3v) is 4.73. The zero-order chi connectivity index (χ0) is 13.2. The van der Waals surface area contributed by atoms with Gasteiger partial charge in [0, 0.05) is 31.4 Å². The third-order valence-electron chi connectivity index (χ3n) is 2.94. The number of carbonyl (C=O) groups excluding carboxylic acids is 1. The minimum atomic E-state index is -1.19. The van der Waals surface area contributed by atoms with Crippen LogP contribution in [0, 0.1) is 2.88 Å². The summed E-state index contributed by atoms with van der Waals surface area (Å²) < 4.78 is 6.15. The highest BCUT2D eigenvalue weighted by molar-refractivity contribution is 14.1. The van der Waals surface area contributed by atoms with Gasteiger partial charge < -0.3 is 15.2 Å². The first kappa shape index (κ1) is 13.8. The van der Waals surface area contributed by atoms with Gasteiger partial charge in [-0.25, -0.2) is 4.79 Å². The Morgan fingerprint density at radius 3 is 2.61 bits per heavy atom. The van der Waals surface area contributed by atoms with E-state index in [0.29, 0.717) is 31.6 Å². The van der Waals surface area contributed by atoms with Gasteiger partial charge in [0.15, 0.2) is 0 Å². The highest BCUT2D eigenvalue weighted by Gasteiger charge is 2.41. The molecule has 0 aliphatic carbocycles. The van der Waals surface area contributed by atoms with Crippen molar-refractivity contribution in [2.24, 2.45) is 0 Å². The number of carboxylic acids is 1. The molecule has 1 saturated heterocycles. The van der Waals surface area contributed by atoms with Crippen LogP contribution in [0.4, 0.5) is 0 Å². The van der Waals surface area contributed by atoms with E-state index < -0.39 is 11.5 Å². The molecule has 0 atom stereocenters. The average Bonchev–Trinajstić information content (AvgIpc) is 2.77. The van der Waals surface area contributed by atoms with Crippen LogP contribution >= 0.6 is 33.9 Å². The summed E-state index contributed by atoms with van der Waals surface area (Å²) in [5.74, 6) is -1.33. The molecule has 1 aromatic heterocycles. The van der Waals surface area contributed by atoms with E-state index in [0.717, 1.165) is 2.88 Å². The van der Waals surface area contributed by atoms with Crippen LogP contribution in [0.5, 0.6) is 0 Å². The van der Waals surface area contributed by atoms with E-state index in [2.05, 4.69) is 27.9 Å². The molecule has 18 heavy (non-hydrogen) atoms. The molecule has 98 valence electrons. The lowest BCUT2D eigenvalue weighted by atomic mass is 9.90. The molecule has 7 heteroatoms. The van der Waals surface area contributed by atoms with Crippen molar-refractivity contribution in [1.82, 2.24) is 5.32 Å². The van der Waals surface area contributed by atoms with E-state index in [1.165, 1.54) is 11.3 Å². The summed E-state index contributed by atoms with van der Waals surface area (Å²) in [6.07, 6.45) is 0.602. The van der Waals surface area contributed by atoms with Crippen LogP contribution in [0.2, 0.25) is 0 Å². The SMILES string of the molecule is O=C(NC1(C(=O)O)CCOCC1)c1csc(I)c1. The van der Waals surface area contributed by atoms with Gasteiger partial charge in [0.2, 0.25) is 0 Å². The summed E-state index contributed by atoms with van der Waals surface area (Å²) in [5, 5.41) is 13.7. The second-order valence-electron chi connectivity index (χ2n) is 4.09. The molecule has 1 fully saturated rings. The van der Waals surface area contributed by atoms with Crippen LogP contribution in [-0.2, 0) is 9.53 Å². The molecule has 5 nitrogen and oxygen atoms in total. The van der Waals surface area contributed by atoms with Crippen molar-refractivity contribution in [3.05, 3.63) is 19.9 Å². The summed E-state index contributed by atoms with van der Waals surface area (Å²) in [5.41, 5.74) is -0.681. The lowest BCUT2D eigenvalue weighted by molar-refractivity contribution is -0.148. The predicted octanol–water partition coefficient (Wildman–Crippen LogP) is 1.72. The molecule has 0 saturated carbocycles. The number of halogens is 1. The number of carbonyl (C=O) groups is 2. The Morgan fingerprint density at radius 1 is 1.44 bits per heavy atom. The molecule has 1 amide bonds. The summed E-state index contributed by atoms with van der Waals surface area (Å²) in [4.78, 5) is 23.4. The number of hydrogen-bond donors (Lipinski definition) is 2. The number of aliphatic carboxylic acids is 1. The fraction of sp³-hybridized carbons (Fsp3) is 0.455. The lowest BCUT2D eigenvalue weighted by Crippen LogP contribution is -2.57. The number of rotatable bonds is 3. The Bertz CT molecular complexity index is 467. The highest BCUT2D eigenvalue weighted by atomic mass is 127. The molecule has 0 spiro atoms. The maximum Gasteiger partial charge on any atom is 0.329 e. The van der Waals surface area contributed by atoms with E-state index in [9.17, 15) is 14.7 Å². The van der Waals surface area contributed by atoms with Crippen molar-refractivity contribution in [2.45, 2.75) is 18.4 Å². The third kappa shape index (κ3) is 2.83. The van der Waals surface area contributed by atoms with E-state index in [1.54, 1.807) is 11.4 Å². The fourth-order valence-corrected chi connectivity index (χ4v) is 3.16. The van der Waals surface area contributed by atoms with Gasteiger partial charge in [0.05, 0.1) is 8.45 Å². The normalized spacial score (nSPS) is 18.3. The first-order chi connectivity index (χ1) is 8.53. The number of ether oxygens (including phenoxy) is 1. The van der Waals surface area contributed by atoms with Gasteiger partial charge in [-0.2, -0.15) is 0 Å². The molecule has 1 aliphatic heterocycles. The van der Waals surface area contributed by atoms with Crippen LogP contribution in [0.25, 0.3) is 0 Å². The molecule has 0 bridgehead atoms. The maximum atomic E-state index is 12.0. The number of hydrogen-bond acceptors (Lipinski definition) is 4. The Labute approximate surface area is 122 Å². The minimum absolute atomic E-state index is 0.301. The van der Waals surface area contributed by atoms with Crippen LogP contribution in [0.1, 0.15) is 23.2 Å². The van der Waals surface area contributed by atoms with Crippen LogP contribution in [-0.4, -0.2) is 35.7 Å². The first-order valence-electron chi connectivity index (χ1n) is 5.41. The number of amides is 1. The van der Waals surface area contributed by atoms with Gasteiger partial charge in [-0.1, -0.05) is 0 Å². The fourth-order valence-electron chi connectivity index (χ4n) is 1.83. The summed E-state index contributed by atoms with van der Waals surface area (Å²) in [6, 6.07) is 1.75. The quantitative estimate of drug-likeness (QED) is 0.782. The second-order valence-corrected chi connectivity index (χ2v) is 6.90. The Morgan fingerprint density at radius 2 is 2.11 bits per heavy atom. The lowest BCUT2D eigenvalue weighted by Gasteiger charge is -2.33. The zero-order valence-corrected chi connectivity index (χ0v) is 12.4. The van der Waals surface area contributed by atoms with Gasteiger partial charge >= 0.3 is 5.97 Å². The monoisotopic (exact) mass is 381 g/mol. The number of nitrogens with one attached hydrogen (secondary N) is 1. The molecule has 2 rings (SSSR count). The summed E-state index contributed by atoms with van der Waals surface area (Å²) in [6.45, 7) is 0.710. The topological polar surface area (TPSA) is 75.6 Å². The second kappa shape index (κ2) is 5.54. The Kier molecular flexibility index (Phi) is 4.23. The van der Waals surface area contributed by atoms with E-state index in [-0.39, 0.29) is 5.91 Å². The van der Waals surface area contributed by atoms with E-state index in [1.807, 2.05) is 0 Å². The first-order valence-corrected chi connectivity index (χ1v) is 7.37. The van der Waals surface area contributed by atoms with Gasteiger partial charge in [-0.05, 0) is 28.7 Å². The van der Waals surface area contributed by atoms with Crippen LogP contribution in [0.3, 0.4) is 0 Å². The molecule has 1 aromatic rings. The van der Waals surface area contributed by atoms with Gasteiger partial charge in [-0.3, -0.25) is 4.79 Å². The van der Waals surface area contributed by atoms with Gasteiger partial charge in [0.25, 0.3) is 5.91 Å². The molecule has 0 unspecified atom stereocenters. The van der Waals surface area contributed by atoms with Crippen molar-refractivity contribution in [2.75, 3.05) is 13.2 Å². The highest BCUT2D eigenvalue weighted by Crippen LogP contribution is 2.23. The van der Waals surface area contributed by atoms with Crippen molar-refractivity contribution in [1.29, 1.82) is 0 Å². The Hall–Kier alpha value is -0.670. The Balaban J connectivity index is 2.14. The van der Waals surface area contributed by atoms with Crippen molar-refractivity contribution >= 4 is 45.8 Å². The standard InChI is InChI=1S/C11H12INO4S/c12-8-5-7(6-18-8)9(14)13-11(10(15)16)1-3-17-4-2-11/h5-6H,1-4H2,(H,13,14)(H,15,16). The maximum absolute atomic E-state index is 12.0. The van der Waals surface area contributed by atoms with E-state index in [4.69, 9.17) is 4.74 Å². The largest absolute Gasteiger partial charge is 0.480 e. The average molecular weight is 381 g/mol.